The van der Waals surface area contributed by atoms with E-state index in [-0.39, 0.29) is 12.7 Å². The van der Waals surface area contributed by atoms with Gasteiger partial charge in [0.25, 0.3) is 0 Å². The molecule has 0 radical (unpaired) electrons. The van der Waals surface area contributed by atoms with Crippen LogP contribution in [-0.2, 0) is 9.31 Å². The van der Waals surface area contributed by atoms with Crippen LogP contribution in [0.5, 0.6) is 0 Å². The van der Waals surface area contributed by atoms with Gasteiger partial charge in [0, 0.05) is 5.94 Å². The Balaban J connectivity index is 1.57. The quantitative estimate of drug-likeness (QED) is 0.721. The fourth-order valence-corrected chi connectivity index (χ4v) is 5.01. The summed E-state index contributed by atoms with van der Waals surface area (Å²) in [6.45, 7) is 8.25. The maximum Gasteiger partial charge on any atom is 0.475 e. The van der Waals surface area contributed by atoms with Crippen LogP contribution in [-0.4, -0.2) is 31.3 Å². The Kier molecular flexibility index (Phi) is 2.30. The molecule has 5 rings (SSSR count). The summed E-state index contributed by atoms with van der Waals surface area (Å²) in [6.07, 6.45) is 5.33. The fraction of sp³-hybridized carbons (Fsp3) is 1.00. The first-order valence-electron chi connectivity index (χ1n) is 7.58. The molecule has 5 fully saturated rings. The SMILES string of the molecule is CC1(C)C2C[C@H]1C[C@H]1OB([C@@H]3CCCN3)O[C@@]21C. The van der Waals surface area contributed by atoms with Gasteiger partial charge in [-0.05, 0) is 56.4 Å². The number of hydrogen-bond acceptors (Lipinski definition) is 3. The summed E-state index contributed by atoms with van der Waals surface area (Å²) < 4.78 is 12.7. The van der Waals surface area contributed by atoms with Crippen molar-refractivity contribution in [1.82, 2.24) is 5.32 Å². The molecule has 2 saturated heterocycles. The molecule has 1 unspecified atom stereocenters. The van der Waals surface area contributed by atoms with E-state index >= 15 is 0 Å². The minimum atomic E-state index is -0.0345. The monoisotopic (exact) mass is 249 g/mol. The van der Waals surface area contributed by atoms with Crippen LogP contribution in [0.15, 0.2) is 0 Å². The average molecular weight is 249 g/mol. The predicted molar refractivity (Wildman–Crippen MR) is 71.1 cm³/mol. The van der Waals surface area contributed by atoms with E-state index < -0.39 is 0 Å². The van der Waals surface area contributed by atoms with Crippen molar-refractivity contribution in [3.05, 3.63) is 0 Å². The number of rotatable bonds is 1. The highest BCUT2D eigenvalue weighted by Crippen LogP contribution is 2.65. The molecule has 0 aromatic heterocycles. The van der Waals surface area contributed by atoms with Crippen molar-refractivity contribution in [3.8, 4) is 0 Å². The molecule has 5 atom stereocenters. The molecule has 3 nitrogen and oxygen atoms in total. The van der Waals surface area contributed by atoms with E-state index in [0.717, 1.165) is 12.5 Å². The number of nitrogens with one attached hydrogen (secondary N) is 1. The standard InChI is InChI=1S/C14H24BNO2/c1-13(2)9-7-10(13)14(3)11(8-9)17-15(18-14)12-5-4-6-16-12/h9-12,16H,4-8H2,1-3H3/t9-,10?,11+,12-,14-/m0/s1. The zero-order valence-electron chi connectivity index (χ0n) is 11.7. The molecular formula is C14H24BNO2. The van der Waals surface area contributed by atoms with Gasteiger partial charge in [-0.25, -0.2) is 0 Å². The summed E-state index contributed by atoms with van der Waals surface area (Å²) >= 11 is 0. The first-order chi connectivity index (χ1) is 8.52. The molecule has 0 amide bonds. The largest absolute Gasteiger partial charge is 0.475 e. The molecule has 1 N–H and O–H groups in total. The molecule has 3 aliphatic carbocycles. The van der Waals surface area contributed by atoms with Gasteiger partial charge in [-0.15, -0.1) is 0 Å². The van der Waals surface area contributed by atoms with Gasteiger partial charge in [-0.3, -0.25) is 0 Å². The summed E-state index contributed by atoms with van der Waals surface area (Å²) in [5.74, 6) is 1.95. The molecule has 0 spiro atoms. The van der Waals surface area contributed by atoms with E-state index in [1.807, 2.05) is 0 Å². The Morgan fingerprint density at radius 1 is 1.22 bits per heavy atom. The second-order valence-corrected chi connectivity index (χ2v) is 7.54. The van der Waals surface area contributed by atoms with Crippen molar-refractivity contribution in [2.24, 2.45) is 17.3 Å². The zero-order valence-corrected chi connectivity index (χ0v) is 11.7. The van der Waals surface area contributed by atoms with Gasteiger partial charge >= 0.3 is 7.12 Å². The molecule has 2 bridgehead atoms. The average Bonchev–Trinajstić information content (AvgIpc) is 2.92. The molecule has 0 aromatic carbocycles. The molecule has 5 aliphatic rings. The second-order valence-electron chi connectivity index (χ2n) is 7.54. The van der Waals surface area contributed by atoms with Crippen molar-refractivity contribution in [2.45, 2.75) is 64.1 Å². The van der Waals surface area contributed by atoms with E-state index in [1.54, 1.807) is 0 Å². The van der Waals surface area contributed by atoms with E-state index in [1.165, 1.54) is 25.7 Å². The fourth-order valence-electron chi connectivity index (χ4n) is 5.01. The molecule has 100 valence electrons. The van der Waals surface area contributed by atoms with Crippen LogP contribution >= 0.6 is 0 Å². The van der Waals surface area contributed by atoms with Crippen LogP contribution in [0.25, 0.3) is 0 Å². The summed E-state index contributed by atoms with van der Waals surface area (Å²) in [7, 11) is -0.00218. The van der Waals surface area contributed by atoms with Crippen molar-refractivity contribution >= 4 is 7.12 Å². The first-order valence-corrected chi connectivity index (χ1v) is 7.58. The van der Waals surface area contributed by atoms with Crippen LogP contribution < -0.4 is 5.32 Å². The highest BCUT2D eigenvalue weighted by molar-refractivity contribution is 6.47. The van der Waals surface area contributed by atoms with Crippen molar-refractivity contribution in [1.29, 1.82) is 0 Å². The van der Waals surface area contributed by atoms with Crippen LogP contribution in [0.4, 0.5) is 0 Å². The Morgan fingerprint density at radius 2 is 2.06 bits per heavy atom. The third-order valence-corrected chi connectivity index (χ3v) is 6.40. The maximum atomic E-state index is 6.44. The van der Waals surface area contributed by atoms with Gasteiger partial charge in [0.15, 0.2) is 0 Å². The Labute approximate surface area is 110 Å². The van der Waals surface area contributed by atoms with Gasteiger partial charge in [0.2, 0.25) is 0 Å². The molecular weight excluding hydrogens is 225 g/mol. The van der Waals surface area contributed by atoms with Gasteiger partial charge in [0.1, 0.15) is 0 Å². The van der Waals surface area contributed by atoms with Gasteiger partial charge < -0.3 is 14.6 Å². The molecule has 2 heterocycles. The van der Waals surface area contributed by atoms with E-state index in [9.17, 15) is 0 Å². The molecule has 0 aromatic rings. The minimum Gasteiger partial charge on any atom is -0.404 e. The van der Waals surface area contributed by atoms with Crippen molar-refractivity contribution in [3.63, 3.8) is 0 Å². The van der Waals surface area contributed by atoms with Gasteiger partial charge in [0.05, 0.1) is 11.7 Å². The normalized spacial score (nSPS) is 53.2. The Hall–Kier alpha value is -0.0551. The van der Waals surface area contributed by atoms with E-state index in [4.69, 9.17) is 9.31 Å². The lowest BCUT2D eigenvalue weighted by Crippen LogP contribution is -2.65. The third kappa shape index (κ3) is 1.32. The smallest absolute Gasteiger partial charge is 0.404 e. The van der Waals surface area contributed by atoms with Crippen LogP contribution in [0.2, 0.25) is 0 Å². The second kappa shape index (κ2) is 3.53. The first kappa shape index (κ1) is 11.7. The van der Waals surface area contributed by atoms with Gasteiger partial charge in [-0.1, -0.05) is 13.8 Å². The zero-order chi connectivity index (χ0) is 12.5. The lowest BCUT2D eigenvalue weighted by molar-refractivity contribution is -0.199. The van der Waals surface area contributed by atoms with Gasteiger partial charge in [-0.2, -0.15) is 0 Å². The molecule has 2 aliphatic heterocycles. The summed E-state index contributed by atoms with van der Waals surface area (Å²) in [5.41, 5.74) is 0.416. The van der Waals surface area contributed by atoms with Crippen LogP contribution in [0.3, 0.4) is 0 Å². The lowest BCUT2D eigenvalue weighted by atomic mass is 9.43. The minimum absolute atomic E-state index is 0.00218. The molecule has 18 heavy (non-hydrogen) atoms. The summed E-state index contributed by atoms with van der Waals surface area (Å²) in [4.78, 5) is 0. The third-order valence-electron chi connectivity index (χ3n) is 6.40. The predicted octanol–water partition coefficient (Wildman–Crippen LogP) is 2.01. The van der Waals surface area contributed by atoms with E-state index in [2.05, 4.69) is 26.1 Å². The Bertz CT molecular complexity index is 369. The molecule has 3 saturated carbocycles. The Morgan fingerprint density at radius 3 is 2.72 bits per heavy atom. The van der Waals surface area contributed by atoms with Crippen molar-refractivity contribution < 1.29 is 9.31 Å². The number of hydrogen-bond donors (Lipinski definition) is 1. The summed E-state index contributed by atoms with van der Waals surface area (Å²) in [6, 6.07) is 0. The van der Waals surface area contributed by atoms with Crippen LogP contribution in [0, 0.1) is 17.3 Å². The summed E-state index contributed by atoms with van der Waals surface area (Å²) in [5, 5.41) is 3.52. The maximum absolute atomic E-state index is 6.44. The topological polar surface area (TPSA) is 30.5 Å². The highest BCUT2D eigenvalue weighted by Gasteiger charge is 2.68. The van der Waals surface area contributed by atoms with Crippen molar-refractivity contribution in [2.75, 3.05) is 6.54 Å². The van der Waals surface area contributed by atoms with E-state index in [0.29, 0.717) is 23.4 Å². The lowest BCUT2D eigenvalue weighted by Gasteiger charge is -2.64. The van der Waals surface area contributed by atoms with Crippen LogP contribution in [0.1, 0.15) is 46.5 Å². The molecule has 4 heteroatoms. The highest BCUT2D eigenvalue weighted by atomic mass is 16.7.